The van der Waals surface area contributed by atoms with Crippen molar-refractivity contribution in [3.63, 3.8) is 0 Å². The molecule has 0 saturated heterocycles. The van der Waals surface area contributed by atoms with Gasteiger partial charge in [0.25, 0.3) is 0 Å². The number of rotatable bonds is 15. The second-order valence-corrected chi connectivity index (χ2v) is 6.70. The van der Waals surface area contributed by atoms with E-state index >= 15 is 0 Å². The molecule has 0 aliphatic carbocycles. The van der Waals surface area contributed by atoms with Gasteiger partial charge in [0.2, 0.25) is 0 Å². The lowest BCUT2D eigenvalue weighted by Gasteiger charge is -2.35. The maximum absolute atomic E-state index is 9.10. The van der Waals surface area contributed by atoms with E-state index in [1.165, 1.54) is 81.8 Å². The molecule has 20 heavy (non-hydrogen) atoms. The fourth-order valence-corrected chi connectivity index (χ4v) is 2.98. The van der Waals surface area contributed by atoms with Crippen LogP contribution >= 0.6 is 0 Å². The number of hydrogen-bond donors (Lipinski definition) is 1. The molecule has 0 aromatic rings. The van der Waals surface area contributed by atoms with Crippen LogP contribution in [0.4, 0.5) is 0 Å². The van der Waals surface area contributed by atoms with E-state index in [2.05, 4.69) is 20.9 Å². The Kier molecular flexibility index (Phi) is 13.8. The molecule has 1 unspecified atom stereocenters. The number of hydrogen-bond acceptors (Lipinski definition) is 1. The highest BCUT2D eigenvalue weighted by Gasteiger charge is 2.19. The van der Waals surface area contributed by atoms with E-state index in [0.29, 0.717) is 6.61 Å². The second-order valence-electron chi connectivity index (χ2n) is 6.70. The summed E-state index contributed by atoms with van der Waals surface area (Å²) in [7, 11) is 2.40. The van der Waals surface area contributed by atoms with Gasteiger partial charge in [-0.2, -0.15) is 0 Å². The normalized spacial score (nSPS) is 14.4. The number of quaternary nitrogens is 1. The van der Waals surface area contributed by atoms with Crippen LogP contribution in [0.15, 0.2) is 0 Å². The van der Waals surface area contributed by atoms with Gasteiger partial charge in [-0.3, -0.25) is 0 Å². The van der Waals surface area contributed by atoms with Crippen LogP contribution in [0.1, 0.15) is 84.5 Å². The smallest absolute Gasteiger partial charge is 0.0806 e. The molecule has 0 aliphatic heterocycles. The summed E-state index contributed by atoms with van der Waals surface area (Å²) in [5, 5.41) is 9.10. The van der Waals surface area contributed by atoms with Crippen LogP contribution in [0.5, 0.6) is 0 Å². The van der Waals surface area contributed by atoms with Gasteiger partial charge < -0.3 is 9.59 Å². The summed E-state index contributed by atoms with van der Waals surface area (Å²) in [6.45, 7) is 8.65. The molecule has 0 fully saturated rings. The molecule has 1 N–H and O–H groups in total. The third-order valence-electron chi connectivity index (χ3n) is 4.46. The first-order valence-electron chi connectivity index (χ1n) is 9.13. The Hall–Kier alpha value is -0.0800. The highest BCUT2D eigenvalue weighted by molar-refractivity contribution is 4.48. The summed E-state index contributed by atoms with van der Waals surface area (Å²) < 4.78 is 1.18. The van der Waals surface area contributed by atoms with Crippen LogP contribution in [-0.2, 0) is 0 Å². The molecule has 0 heterocycles. The number of aliphatic hydroxyl groups excluding tert-OH is 1. The topological polar surface area (TPSA) is 20.2 Å². The Bertz CT molecular complexity index is 196. The van der Waals surface area contributed by atoms with Crippen LogP contribution in [0.25, 0.3) is 0 Å². The predicted octanol–water partition coefficient (Wildman–Crippen LogP) is 4.76. The second kappa shape index (κ2) is 13.9. The van der Waals surface area contributed by atoms with E-state index in [4.69, 9.17) is 5.11 Å². The third-order valence-corrected chi connectivity index (χ3v) is 4.46. The Morgan fingerprint density at radius 3 is 1.50 bits per heavy atom. The summed E-state index contributed by atoms with van der Waals surface area (Å²) in [5.41, 5.74) is 0. The molecule has 0 radical (unpaired) electrons. The molecule has 2 nitrogen and oxygen atoms in total. The Morgan fingerprint density at radius 2 is 1.00 bits per heavy atom. The van der Waals surface area contributed by atoms with Crippen LogP contribution in [0.3, 0.4) is 0 Å². The molecular formula is C18H40NO+. The zero-order valence-electron chi connectivity index (χ0n) is 14.5. The average molecular weight is 287 g/mol. The molecule has 0 saturated carbocycles. The van der Waals surface area contributed by atoms with E-state index in [9.17, 15) is 0 Å². The predicted molar refractivity (Wildman–Crippen MR) is 90.0 cm³/mol. The van der Waals surface area contributed by atoms with Crippen LogP contribution in [0.2, 0.25) is 0 Å². The van der Waals surface area contributed by atoms with Crippen molar-refractivity contribution in [2.24, 2.45) is 0 Å². The first kappa shape index (κ1) is 19.9. The highest BCUT2D eigenvalue weighted by Crippen LogP contribution is 2.13. The summed E-state index contributed by atoms with van der Waals surface area (Å²) in [6, 6.07) is 0. The van der Waals surface area contributed by atoms with Gasteiger partial charge in [-0.1, -0.05) is 52.4 Å². The molecule has 2 heteroatoms. The zero-order chi connectivity index (χ0) is 15.1. The van der Waals surface area contributed by atoms with E-state index in [1.54, 1.807) is 0 Å². The average Bonchev–Trinajstić information content (AvgIpc) is 2.45. The number of aliphatic hydroxyl groups is 1. The monoisotopic (exact) mass is 286 g/mol. The van der Waals surface area contributed by atoms with Crippen molar-refractivity contribution in [2.45, 2.75) is 84.5 Å². The van der Waals surface area contributed by atoms with Gasteiger partial charge in [-0.25, -0.2) is 0 Å². The Labute approximate surface area is 128 Å². The maximum atomic E-state index is 9.10. The molecule has 0 spiro atoms. The Balaban J connectivity index is 3.85. The minimum absolute atomic E-state index is 0.347. The number of unbranched alkanes of at least 4 members (excludes halogenated alkanes) is 8. The van der Waals surface area contributed by atoms with Gasteiger partial charge in [0.15, 0.2) is 0 Å². The van der Waals surface area contributed by atoms with Crippen molar-refractivity contribution in [2.75, 3.05) is 33.3 Å². The lowest BCUT2D eigenvalue weighted by atomic mass is 10.1. The van der Waals surface area contributed by atoms with Crippen molar-refractivity contribution in [3.8, 4) is 0 Å². The molecule has 0 rings (SSSR count). The molecule has 0 aromatic heterocycles. The SMILES string of the molecule is CCCCCCCC[N+](C)(CCCO)CCCCCC. The van der Waals surface area contributed by atoms with Crippen LogP contribution in [0, 0.1) is 0 Å². The van der Waals surface area contributed by atoms with E-state index in [0.717, 1.165) is 13.0 Å². The fourth-order valence-electron chi connectivity index (χ4n) is 2.98. The summed E-state index contributed by atoms with van der Waals surface area (Å²) in [4.78, 5) is 0. The van der Waals surface area contributed by atoms with Gasteiger partial charge in [-0.15, -0.1) is 0 Å². The van der Waals surface area contributed by atoms with Crippen LogP contribution in [-0.4, -0.2) is 42.9 Å². The summed E-state index contributed by atoms with van der Waals surface area (Å²) in [5.74, 6) is 0. The zero-order valence-corrected chi connectivity index (χ0v) is 14.5. The number of nitrogens with zero attached hydrogens (tertiary/aromatic N) is 1. The first-order valence-corrected chi connectivity index (χ1v) is 9.13. The molecule has 122 valence electrons. The lowest BCUT2D eigenvalue weighted by Crippen LogP contribution is -2.46. The van der Waals surface area contributed by atoms with E-state index in [-0.39, 0.29) is 0 Å². The Morgan fingerprint density at radius 1 is 0.600 bits per heavy atom. The van der Waals surface area contributed by atoms with Crippen molar-refractivity contribution in [3.05, 3.63) is 0 Å². The molecular weight excluding hydrogens is 246 g/mol. The molecule has 0 bridgehead atoms. The van der Waals surface area contributed by atoms with Crippen molar-refractivity contribution in [1.29, 1.82) is 0 Å². The fraction of sp³-hybridized carbons (Fsp3) is 1.00. The van der Waals surface area contributed by atoms with Crippen LogP contribution < -0.4 is 0 Å². The lowest BCUT2D eigenvalue weighted by molar-refractivity contribution is -0.910. The van der Waals surface area contributed by atoms with Crippen molar-refractivity contribution in [1.82, 2.24) is 0 Å². The van der Waals surface area contributed by atoms with Gasteiger partial charge in [0.05, 0.1) is 26.7 Å². The van der Waals surface area contributed by atoms with Gasteiger partial charge in [-0.05, 0) is 25.7 Å². The van der Waals surface area contributed by atoms with Crippen molar-refractivity contribution >= 4 is 0 Å². The molecule has 0 aromatic carbocycles. The minimum atomic E-state index is 0.347. The minimum Gasteiger partial charge on any atom is -0.396 e. The maximum Gasteiger partial charge on any atom is 0.0806 e. The first-order chi connectivity index (χ1) is 9.68. The molecule has 0 aliphatic rings. The van der Waals surface area contributed by atoms with E-state index < -0.39 is 0 Å². The standard InChI is InChI=1S/C18H40NO/c1-4-6-8-10-11-13-16-19(3,17-14-18-20)15-12-9-7-5-2/h20H,4-18H2,1-3H3/q+1. The van der Waals surface area contributed by atoms with Gasteiger partial charge in [0.1, 0.15) is 0 Å². The van der Waals surface area contributed by atoms with Gasteiger partial charge >= 0.3 is 0 Å². The van der Waals surface area contributed by atoms with Crippen molar-refractivity contribution < 1.29 is 9.59 Å². The third kappa shape index (κ3) is 11.7. The summed E-state index contributed by atoms with van der Waals surface area (Å²) in [6.07, 6.45) is 14.7. The van der Waals surface area contributed by atoms with Gasteiger partial charge in [0, 0.05) is 13.0 Å². The molecule has 1 atom stereocenters. The largest absolute Gasteiger partial charge is 0.396 e. The van der Waals surface area contributed by atoms with E-state index in [1.807, 2.05) is 0 Å². The molecule has 0 amide bonds. The summed E-state index contributed by atoms with van der Waals surface area (Å²) >= 11 is 0. The quantitative estimate of drug-likeness (QED) is 0.340. The highest BCUT2D eigenvalue weighted by atomic mass is 16.3.